The third kappa shape index (κ3) is 3.05. The lowest BCUT2D eigenvalue weighted by Gasteiger charge is -2.23. The van der Waals surface area contributed by atoms with Gasteiger partial charge in [-0.05, 0) is 19.4 Å². The molecule has 0 aromatic heterocycles. The fourth-order valence-electron chi connectivity index (χ4n) is 1.39. The van der Waals surface area contributed by atoms with Crippen molar-refractivity contribution in [3.8, 4) is 0 Å². The van der Waals surface area contributed by atoms with Gasteiger partial charge in [-0.3, -0.25) is 4.79 Å². The summed E-state index contributed by atoms with van der Waals surface area (Å²) in [6.45, 7) is 5.50. The average molecular weight is 168 g/mol. The Bertz CT molecular complexity index is 162. The van der Waals surface area contributed by atoms with Crippen molar-refractivity contribution in [1.29, 1.82) is 0 Å². The van der Waals surface area contributed by atoms with Gasteiger partial charge in [-0.15, -0.1) is 6.58 Å². The summed E-state index contributed by atoms with van der Waals surface area (Å²) in [5.41, 5.74) is 0. The first kappa shape index (κ1) is 9.26. The Balaban J connectivity index is 2.19. The zero-order valence-corrected chi connectivity index (χ0v) is 7.31. The summed E-state index contributed by atoms with van der Waals surface area (Å²) in [6.07, 6.45) is 4.30. The number of carbonyl (C=O) groups is 1. The molecule has 3 heteroatoms. The van der Waals surface area contributed by atoms with Crippen molar-refractivity contribution < 1.29 is 4.79 Å². The molecule has 0 aromatic carbocycles. The largest absolute Gasteiger partial charge is 0.352 e. The van der Waals surface area contributed by atoms with E-state index in [1.165, 1.54) is 0 Å². The lowest BCUT2D eigenvalue weighted by atomic mass is 10.1. The van der Waals surface area contributed by atoms with Gasteiger partial charge in [-0.25, -0.2) is 0 Å². The predicted octanol–water partition coefficient (Wildman–Crippen LogP) is 0.431. The molecule has 0 aromatic rings. The Hall–Kier alpha value is -0.830. The first-order valence-corrected chi connectivity index (χ1v) is 4.44. The molecule has 1 amide bonds. The molecule has 3 nitrogen and oxygen atoms in total. The zero-order chi connectivity index (χ0) is 8.81. The molecule has 0 bridgehead atoms. The number of rotatable bonds is 3. The Morgan fingerprint density at radius 3 is 3.17 bits per heavy atom. The molecule has 68 valence electrons. The van der Waals surface area contributed by atoms with E-state index in [9.17, 15) is 4.79 Å². The molecule has 1 rings (SSSR count). The average Bonchev–Trinajstić information content (AvgIpc) is 2.06. The van der Waals surface area contributed by atoms with Crippen LogP contribution in [0.2, 0.25) is 0 Å². The summed E-state index contributed by atoms with van der Waals surface area (Å²) in [4.78, 5) is 11.1. The van der Waals surface area contributed by atoms with E-state index < -0.39 is 0 Å². The van der Waals surface area contributed by atoms with Crippen LogP contribution in [0.25, 0.3) is 0 Å². The van der Waals surface area contributed by atoms with Crippen molar-refractivity contribution in [2.24, 2.45) is 0 Å². The van der Waals surface area contributed by atoms with Gasteiger partial charge < -0.3 is 10.6 Å². The Labute approximate surface area is 73.2 Å². The topological polar surface area (TPSA) is 41.1 Å². The van der Waals surface area contributed by atoms with Crippen LogP contribution in [0.5, 0.6) is 0 Å². The molecular formula is C9H16N2O. The number of nitrogens with one attached hydrogen (secondary N) is 2. The van der Waals surface area contributed by atoms with Gasteiger partial charge in [0.05, 0.1) is 0 Å². The monoisotopic (exact) mass is 168 g/mol. The fraction of sp³-hybridized carbons (Fsp3) is 0.667. The minimum atomic E-state index is 0.0821. The van der Waals surface area contributed by atoms with Gasteiger partial charge in [0.15, 0.2) is 0 Å². The standard InChI is InChI=1S/C9H16N2O/c1-2-4-9(12)11-8-5-3-6-10-7-8/h2,8,10H,1,3-7H2,(H,11,12). The SMILES string of the molecule is C=CCC(=O)NC1CCCNC1. The third-order valence-corrected chi connectivity index (χ3v) is 1.99. The highest BCUT2D eigenvalue weighted by molar-refractivity contribution is 5.77. The van der Waals surface area contributed by atoms with E-state index in [0.29, 0.717) is 12.5 Å². The third-order valence-electron chi connectivity index (χ3n) is 1.99. The molecule has 1 fully saturated rings. The summed E-state index contributed by atoms with van der Waals surface area (Å²) < 4.78 is 0. The quantitative estimate of drug-likeness (QED) is 0.600. The second-order valence-corrected chi connectivity index (χ2v) is 3.10. The zero-order valence-electron chi connectivity index (χ0n) is 7.31. The minimum Gasteiger partial charge on any atom is -0.352 e. The Morgan fingerprint density at radius 1 is 1.75 bits per heavy atom. The predicted molar refractivity (Wildman–Crippen MR) is 48.8 cm³/mol. The summed E-state index contributed by atoms with van der Waals surface area (Å²) in [5.74, 6) is 0.0821. The lowest BCUT2D eigenvalue weighted by molar-refractivity contribution is -0.121. The number of hydrogen-bond donors (Lipinski definition) is 2. The van der Waals surface area contributed by atoms with Gasteiger partial charge >= 0.3 is 0 Å². The van der Waals surface area contributed by atoms with E-state index in [2.05, 4.69) is 17.2 Å². The van der Waals surface area contributed by atoms with Crippen molar-refractivity contribution in [3.63, 3.8) is 0 Å². The molecule has 1 atom stereocenters. The maximum atomic E-state index is 11.1. The van der Waals surface area contributed by atoms with Gasteiger partial charge in [0.1, 0.15) is 0 Å². The van der Waals surface area contributed by atoms with Gasteiger partial charge in [-0.2, -0.15) is 0 Å². The molecule has 1 heterocycles. The Kier molecular flexibility index (Phi) is 3.80. The number of carbonyl (C=O) groups excluding carboxylic acids is 1. The highest BCUT2D eigenvalue weighted by Crippen LogP contribution is 2.01. The van der Waals surface area contributed by atoms with Crippen molar-refractivity contribution in [2.45, 2.75) is 25.3 Å². The van der Waals surface area contributed by atoms with Gasteiger partial charge in [-0.1, -0.05) is 6.08 Å². The summed E-state index contributed by atoms with van der Waals surface area (Å²) in [6, 6.07) is 0.325. The van der Waals surface area contributed by atoms with Crippen molar-refractivity contribution in [3.05, 3.63) is 12.7 Å². The van der Waals surface area contributed by atoms with Crippen LogP contribution in [-0.2, 0) is 4.79 Å². The molecule has 12 heavy (non-hydrogen) atoms. The molecule has 1 aliphatic heterocycles. The Morgan fingerprint density at radius 2 is 2.58 bits per heavy atom. The van der Waals surface area contributed by atoms with Crippen LogP contribution in [0.3, 0.4) is 0 Å². The summed E-state index contributed by atoms with van der Waals surface area (Å²) >= 11 is 0. The van der Waals surface area contributed by atoms with Crippen molar-refractivity contribution in [2.75, 3.05) is 13.1 Å². The maximum Gasteiger partial charge on any atom is 0.224 e. The molecule has 1 aliphatic rings. The first-order chi connectivity index (χ1) is 5.83. The summed E-state index contributed by atoms with van der Waals surface area (Å²) in [7, 11) is 0. The second kappa shape index (κ2) is 4.93. The van der Waals surface area contributed by atoms with Crippen LogP contribution < -0.4 is 10.6 Å². The second-order valence-electron chi connectivity index (χ2n) is 3.10. The van der Waals surface area contributed by atoms with Crippen LogP contribution in [0.4, 0.5) is 0 Å². The van der Waals surface area contributed by atoms with Crippen LogP contribution in [0.1, 0.15) is 19.3 Å². The van der Waals surface area contributed by atoms with Crippen LogP contribution in [0.15, 0.2) is 12.7 Å². The normalized spacial score (nSPS) is 23.2. The van der Waals surface area contributed by atoms with E-state index in [0.717, 1.165) is 25.9 Å². The van der Waals surface area contributed by atoms with E-state index in [-0.39, 0.29) is 5.91 Å². The first-order valence-electron chi connectivity index (χ1n) is 4.44. The number of hydrogen-bond acceptors (Lipinski definition) is 2. The van der Waals surface area contributed by atoms with Crippen molar-refractivity contribution in [1.82, 2.24) is 10.6 Å². The summed E-state index contributed by atoms with van der Waals surface area (Å²) in [5, 5.41) is 6.19. The molecule has 0 spiro atoms. The molecule has 0 aliphatic carbocycles. The molecular weight excluding hydrogens is 152 g/mol. The van der Waals surface area contributed by atoms with Crippen LogP contribution in [-0.4, -0.2) is 25.0 Å². The van der Waals surface area contributed by atoms with E-state index in [4.69, 9.17) is 0 Å². The molecule has 0 radical (unpaired) electrons. The molecule has 2 N–H and O–H groups in total. The van der Waals surface area contributed by atoms with E-state index >= 15 is 0 Å². The minimum absolute atomic E-state index is 0.0821. The van der Waals surface area contributed by atoms with Gasteiger partial charge in [0, 0.05) is 19.0 Å². The van der Waals surface area contributed by atoms with Gasteiger partial charge in [0.2, 0.25) is 5.91 Å². The molecule has 1 saturated heterocycles. The smallest absolute Gasteiger partial charge is 0.224 e. The molecule has 0 saturated carbocycles. The number of piperidine rings is 1. The van der Waals surface area contributed by atoms with Crippen LogP contribution >= 0.6 is 0 Å². The van der Waals surface area contributed by atoms with Crippen LogP contribution in [0, 0.1) is 0 Å². The van der Waals surface area contributed by atoms with Gasteiger partial charge in [0.25, 0.3) is 0 Å². The molecule has 1 unspecified atom stereocenters. The highest BCUT2D eigenvalue weighted by atomic mass is 16.1. The lowest BCUT2D eigenvalue weighted by Crippen LogP contribution is -2.45. The number of amides is 1. The van der Waals surface area contributed by atoms with E-state index in [1.54, 1.807) is 6.08 Å². The maximum absolute atomic E-state index is 11.1. The fourth-order valence-corrected chi connectivity index (χ4v) is 1.39. The highest BCUT2D eigenvalue weighted by Gasteiger charge is 2.13. The van der Waals surface area contributed by atoms with E-state index in [1.807, 2.05) is 0 Å². The van der Waals surface area contributed by atoms with Crippen molar-refractivity contribution >= 4 is 5.91 Å².